The van der Waals surface area contributed by atoms with Crippen molar-refractivity contribution in [3.05, 3.63) is 63.7 Å². The van der Waals surface area contributed by atoms with E-state index in [1.807, 2.05) is 30.0 Å². The molecule has 4 fully saturated rings. The standard InChI is InChI=1S/C48H56FN7O9/c1-4-32-36(52-45(60)42(32)49)26-65-46-34-24-40(63-3)35(43(50)58)23-33(34)30(25-51-46)13-9-27-7-11-29(12-8-27)47(61)55-19-17-31(18-20-55)64-21-5-6-28-10-14-37-39(22-28)54(2)48(62)56(37)38-15-16-41(57)53-44(38)59/h10,14,22-25,27,29,31-32,36,38,42H,4-8,11-12,15-21,26H2,1-3H3,(H2,50,58)(H,52,60)(H,53,57,59)/t27?,29?,32-,36+,38?,42-/m0/s1. The minimum Gasteiger partial charge on any atom is -0.496 e. The number of hydrogen-bond acceptors (Lipinski definition) is 10. The number of piperidine rings is 2. The normalized spacial score (nSPS) is 23.8. The highest BCUT2D eigenvalue weighted by Crippen LogP contribution is 2.35. The second-order valence-corrected chi connectivity index (χ2v) is 17.7. The van der Waals surface area contributed by atoms with E-state index in [9.17, 15) is 33.2 Å². The fourth-order valence-corrected chi connectivity index (χ4v) is 9.90. The smallest absolute Gasteiger partial charge is 0.329 e. The van der Waals surface area contributed by atoms with Gasteiger partial charge in [-0.1, -0.05) is 24.8 Å². The summed E-state index contributed by atoms with van der Waals surface area (Å²) in [5.74, 6) is 4.70. The number of halogens is 1. The largest absolute Gasteiger partial charge is 0.496 e. The van der Waals surface area contributed by atoms with Gasteiger partial charge in [0, 0.05) is 67.9 Å². The number of aryl methyl sites for hydroxylation is 2. The molecule has 0 radical (unpaired) electrons. The Morgan fingerprint density at radius 2 is 1.74 bits per heavy atom. The first kappa shape index (κ1) is 45.3. The molecule has 2 aromatic heterocycles. The number of imidazole rings is 1. The maximum atomic E-state index is 14.4. The van der Waals surface area contributed by atoms with Gasteiger partial charge in [0.05, 0.1) is 41.4 Å². The lowest BCUT2D eigenvalue weighted by molar-refractivity contribution is -0.139. The zero-order valence-electron chi connectivity index (χ0n) is 37.0. The van der Waals surface area contributed by atoms with Gasteiger partial charge < -0.3 is 30.2 Å². The van der Waals surface area contributed by atoms with Crippen LogP contribution in [0.4, 0.5) is 4.39 Å². The average Bonchev–Trinajstić information content (AvgIpc) is 3.73. The first-order valence-electron chi connectivity index (χ1n) is 22.7. The molecule has 0 bridgehead atoms. The number of nitrogens with one attached hydrogen (secondary N) is 2. The number of ether oxygens (including phenoxy) is 3. The number of aromatic nitrogens is 3. The van der Waals surface area contributed by atoms with Gasteiger partial charge in [-0.05, 0) is 94.0 Å². The number of hydrogen-bond donors (Lipinski definition) is 3. The number of likely N-dealkylation sites (tertiary alicyclic amines) is 1. The SMILES string of the molecule is CC[C@@H]1[C@H](F)C(=O)N[C@@H]1COc1ncc(C#CC2CCC(C(=O)N3CCC(OCCCc4ccc5c(c4)n(C)c(=O)n5C4CCC(=O)NC4=O)CC3)CC2)c2cc(C(N)=O)c(OC)cc12. The van der Waals surface area contributed by atoms with Gasteiger partial charge in [-0.3, -0.25) is 38.4 Å². The highest BCUT2D eigenvalue weighted by atomic mass is 19.1. The molecule has 4 atom stereocenters. The van der Waals surface area contributed by atoms with Crippen LogP contribution in [0.15, 0.2) is 41.3 Å². The van der Waals surface area contributed by atoms with Gasteiger partial charge in [-0.2, -0.15) is 0 Å². The van der Waals surface area contributed by atoms with E-state index in [4.69, 9.17) is 19.9 Å². The maximum Gasteiger partial charge on any atom is 0.329 e. The number of amides is 5. The van der Waals surface area contributed by atoms with Crippen LogP contribution in [0, 0.1) is 29.6 Å². The molecule has 3 aliphatic heterocycles. The van der Waals surface area contributed by atoms with E-state index < -0.39 is 41.9 Å². The number of carbonyl (C=O) groups is 5. The van der Waals surface area contributed by atoms with Gasteiger partial charge in [0.25, 0.3) is 11.8 Å². The summed E-state index contributed by atoms with van der Waals surface area (Å²) in [5.41, 5.74) is 8.61. The van der Waals surface area contributed by atoms with Crippen LogP contribution in [0.2, 0.25) is 0 Å². The zero-order valence-corrected chi connectivity index (χ0v) is 37.0. The number of alkyl halides is 1. The van der Waals surface area contributed by atoms with Crippen LogP contribution < -0.4 is 31.5 Å². The molecular formula is C48H56FN7O9. The Kier molecular flexibility index (Phi) is 13.6. The van der Waals surface area contributed by atoms with Crippen LogP contribution in [0.5, 0.6) is 11.6 Å². The molecule has 65 heavy (non-hydrogen) atoms. The monoisotopic (exact) mass is 893 g/mol. The molecule has 4 aliphatic rings. The van der Waals surface area contributed by atoms with Crippen LogP contribution in [0.3, 0.4) is 0 Å². The second-order valence-electron chi connectivity index (χ2n) is 17.7. The molecule has 1 unspecified atom stereocenters. The zero-order chi connectivity index (χ0) is 45.9. The van der Waals surface area contributed by atoms with Crippen molar-refractivity contribution < 1.29 is 42.6 Å². The fourth-order valence-electron chi connectivity index (χ4n) is 9.90. The molecule has 16 nitrogen and oxygen atoms in total. The molecule has 1 aliphatic carbocycles. The third kappa shape index (κ3) is 9.45. The third-order valence-corrected chi connectivity index (χ3v) is 13.7. The lowest BCUT2D eigenvalue weighted by atomic mass is 9.81. The first-order valence-corrected chi connectivity index (χ1v) is 22.7. The number of benzene rings is 2. The summed E-state index contributed by atoms with van der Waals surface area (Å²) in [6.07, 6.45) is 7.11. The minimum absolute atomic E-state index is 0.00581. The number of nitrogens with zero attached hydrogens (tertiary/aromatic N) is 4. The number of carbonyl (C=O) groups excluding carboxylic acids is 5. The van der Waals surface area contributed by atoms with E-state index in [-0.39, 0.29) is 65.7 Å². The van der Waals surface area contributed by atoms with Gasteiger partial charge >= 0.3 is 5.69 Å². The molecule has 5 heterocycles. The number of nitrogens with two attached hydrogens (primary N) is 1. The van der Waals surface area contributed by atoms with Crippen LogP contribution in [0.25, 0.3) is 21.8 Å². The van der Waals surface area contributed by atoms with E-state index >= 15 is 0 Å². The Hall–Kier alpha value is -6.28. The van der Waals surface area contributed by atoms with Crippen LogP contribution >= 0.6 is 0 Å². The summed E-state index contributed by atoms with van der Waals surface area (Å²) in [6, 6.07) is 7.82. The molecule has 2 aromatic carbocycles. The van der Waals surface area contributed by atoms with Gasteiger partial charge in [-0.25, -0.2) is 14.2 Å². The van der Waals surface area contributed by atoms with E-state index in [1.54, 1.807) is 29.9 Å². The molecule has 5 amide bonds. The van der Waals surface area contributed by atoms with Gasteiger partial charge in [0.2, 0.25) is 23.6 Å². The highest BCUT2D eigenvalue weighted by molar-refractivity contribution is 6.03. The van der Waals surface area contributed by atoms with Crippen molar-refractivity contribution in [2.24, 2.45) is 30.5 Å². The molecule has 0 spiro atoms. The number of methoxy groups -OCH3 is 1. The Bertz CT molecular complexity index is 2630. The highest BCUT2D eigenvalue weighted by Gasteiger charge is 2.42. The van der Waals surface area contributed by atoms with E-state index in [1.165, 1.54) is 11.7 Å². The molecule has 3 saturated heterocycles. The summed E-state index contributed by atoms with van der Waals surface area (Å²) in [5, 5.41) is 6.13. The van der Waals surface area contributed by atoms with Crippen molar-refractivity contribution in [1.29, 1.82) is 0 Å². The first-order chi connectivity index (χ1) is 31.3. The van der Waals surface area contributed by atoms with Crippen LogP contribution in [0.1, 0.15) is 98.7 Å². The molecular weight excluding hydrogens is 838 g/mol. The lowest BCUT2D eigenvalue weighted by Crippen LogP contribution is -2.44. The van der Waals surface area contributed by atoms with Crippen molar-refractivity contribution >= 4 is 51.3 Å². The second kappa shape index (κ2) is 19.4. The molecule has 4 aromatic rings. The molecule has 344 valence electrons. The number of pyridine rings is 1. The topological polar surface area (TPSA) is 206 Å². The van der Waals surface area contributed by atoms with E-state index in [0.717, 1.165) is 62.4 Å². The average molecular weight is 894 g/mol. The van der Waals surface area contributed by atoms with E-state index in [2.05, 4.69) is 27.5 Å². The maximum absolute atomic E-state index is 14.4. The predicted molar refractivity (Wildman–Crippen MR) is 238 cm³/mol. The third-order valence-electron chi connectivity index (χ3n) is 13.7. The van der Waals surface area contributed by atoms with Gasteiger partial charge in [0.1, 0.15) is 18.4 Å². The van der Waals surface area contributed by atoms with E-state index in [0.29, 0.717) is 54.4 Å². The van der Waals surface area contributed by atoms with Crippen LogP contribution in [-0.2, 0) is 37.4 Å². The Morgan fingerprint density at radius 3 is 2.45 bits per heavy atom. The summed E-state index contributed by atoms with van der Waals surface area (Å²) in [7, 11) is 3.12. The molecule has 4 N–H and O–H groups in total. The Morgan fingerprint density at radius 1 is 0.969 bits per heavy atom. The van der Waals surface area contributed by atoms with Gasteiger partial charge in [-0.15, -0.1) is 0 Å². The summed E-state index contributed by atoms with van der Waals surface area (Å²) in [4.78, 5) is 81.9. The Labute approximate surface area is 375 Å². The van der Waals surface area contributed by atoms with Crippen molar-refractivity contribution in [3.8, 4) is 23.5 Å². The quantitative estimate of drug-likeness (QED) is 0.0999. The Balaban J connectivity index is 0.812. The molecule has 1 saturated carbocycles. The number of imide groups is 1. The summed E-state index contributed by atoms with van der Waals surface area (Å²) in [6.45, 7) is 3.71. The van der Waals surface area contributed by atoms with Gasteiger partial charge in [0.15, 0.2) is 6.17 Å². The van der Waals surface area contributed by atoms with Crippen molar-refractivity contribution in [1.82, 2.24) is 29.7 Å². The minimum atomic E-state index is -1.60. The predicted octanol–water partition coefficient (Wildman–Crippen LogP) is 4.01. The molecule has 8 rings (SSSR count). The van der Waals surface area contributed by atoms with Crippen molar-refractivity contribution in [2.75, 3.05) is 33.4 Å². The fraction of sp³-hybridized carbons (Fsp3) is 0.521. The van der Waals surface area contributed by atoms with Crippen LogP contribution in [-0.4, -0.2) is 100 Å². The summed E-state index contributed by atoms with van der Waals surface area (Å²) < 4.78 is 35.3. The molecule has 17 heteroatoms. The number of rotatable bonds is 13. The number of fused-ring (bicyclic) bond motifs is 2. The van der Waals surface area contributed by atoms with Crippen molar-refractivity contribution in [2.45, 2.75) is 102 Å². The summed E-state index contributed by atoms with van der Waals surface area (Å²) >= 11 is 0. The number of primary amides is 1. The lowest BCUT2D eigenvalue weighted by Gasteiger charge is -2.35. The van der Waals surface area contributed by atoms with Crippen molar-refractivity contribution in [3.63, 3.8) is 0 Å².